The molecule has 15 nitrogen and oxygen atoms in total. The first kappa shape index (κ1) is 42.9. The molecule has 0 bridgehead atoms. The van der Waals surface area contributed by atoms with Crippen molar-refractivity contribution in [2.45, 2.75) is 141 Å². The summed E-state index contributed by atoms with van der Waals surface area (Å²) in [6, 6.07) is 1.57. The minimum absolute atomic E-state index is 0.0190. The van der Waals surface area contributed by atoms with E-state index in [0.717, 1.165) is 19.3 Å². The molecule has 50 heavy (non-hydrogen) atoms. The van der Waals surface area contributed by atoms with E-state index < -0.39 is 52.4 Å². The molecule has 0 radical (unpaired) electrons. The average molecular weight is 751 g/mol. The summed E-state index contributed by atoms with van der Waals surface area (Å²) in [7, 11) is -9.66. The normalized spacial score (nSPS) is 23.4. The van der Waals surface area contributed by atoms with Crippen LogP contribution in [0.15, 0.2) is 18.6 Å². The Morgan fingerprint density at radius 3 is 2.06 bits per heavy atom. The van der Waals surface area contributed by atoms with Gasteiger partial charge in [0.05, 0.1) is 31.8 Å². The van der Waals surface area contributed by atoms with Gasteiger partial charge >= 0.3 is 15.4 Å². The van der Waals surface area contributed by atoms with Gasteiger partial charge in [0, 0.05) is 12.8 Å². The first-order chi connectivity index (χ1) is 23.9. The Kier molecular flexibility index (Phi) is 18.8. The molecule has 1 aliphatic rings. The standard InChI is InChI=1S/C33H60N4O11P2/c1-3-4-5-6-7-8-9-10-11-12-13-14-15-16-17-18-21-44-22-23-46-50(42,43)48-49(40,41)26-45-24-28-30(38)33(2,39)32(47-28)37-25-36-29-27(34)19-20-35-31(29)37/h19-20,25,28,30,32,38-39H,3-18,21-24,26H2,1-2H3,(H2,34,35)(H,40,41)(H,42,43)/t28-,30+,32-,33?/m1/s1. The van der Waals surface area contributed by atoms with Crippen molar-refractivity contribution in [1.29, 1.82) is 0 Å². The van der Waals surface area contributed by atoms with Crippen LogP contribution in [0.4, 0.5) is 5.69 Å². The second-order valence-electron chi connectivity index (χ2n) is 13.4. The molecule has 3 unspecified atom stereocenters. The Morgan fingerprint density at radius 2 is 1.46 bits per heavy atom. The number of hydrogen-bond acceptors (Lipinski definition) is 12. The zero-order valence-electron chi connectivity index (χ0n) is 29.8. The van der Waals surface area contributed by atoms with Crippen molar-refractivity contribution >= 4 is 32.3 Å². The predicted molar refractivity (Wildman–Crippen MR) is 190 cm³/mol. The molecule has 0 aromatic carbocycles. The molecule has 17 heteroatoms. The molecule has 2 aromatic heterocycles. The van der Waals surface area contributed by atoms with Gasteiger partial charge in [0.1, 0.15) is 29.7 Å². The second-order valence-corrected chi connectivity index (χ2v) is 16.7. The van der Waals surface area contributed by atoms with Crippen LogP contribution in [0.1, 0.15) is 123 Å². The van der Waals surface area contributed by atoms with Crippen LogP contribution in [0.3, 0.4) is 0 Å². The largest absolute Gasteiger partial charge is 0.479 e. The number of nitrogen functional groups attached to an aromatic ring is 1. The number of nitrogens with zero attached hydrogens (tertiary/aromatic N) is 3. The molecule has 6 N–H and O–H groups in total. The molecule has 2 aromatic rings. The van der Waals surface area contributed by atoms with Gasteiger partial charge < -0.3 is 39.9 Å². The lowest BCUT2D eigenvalue weighted by Gasteiger charge is -2.27. The van der Waals surface area contributed by atoms with E-state index in [1.165, 1.54) is 107 Å². The summed E-state index contributed by atoms with van der Waals surface area (Å²) < 4.78 is 51.8. The van der Waals surface area contributed by atoms with Crippen LogP contribution < -0.4 is 5.73 Å². The summed E-state index contributed by atoms with van der Waals surface area (Å²) >= 11 is 0. The highest BCUT2D eigenvalue weighted by atomic mass is 31.3. The van der Waals surface area contributed by atoms with E-state index >= 15 is 0 Å². The highest BCUT2D eigenvalue weighted by Crippen LogP contribution is 2.59. The van der Waals surface area contributed by atoms with Crippen LogP contribution in [-0.4, -0.2) is 85.1 Å². The number of unbranched alkanes of at least 4 members (excludes halogenated alkanes) is 15. The van der Waals surface area contributed by atoms with Gasteiger partial charge in [-0.05, 0) is 19.4 Å². The fourth-order valence-electron chi connectivity index (χ4n) is 6.06. The fourth-order valence-corrected chi connectivity index (χ4v) is 8.37. The third-order valence-electron chi connectivity index (χ3n) is 8.89. The van der Waals surface area contributed by atoms with E-state index in [4.69, 9.17) is 24.5 Å². The first-order valence-electron chi connectivity index (χ1n) is 18.2. The molecule has 3 rings (SSSR count). The number of aromatic nitrogens is 3. The molecule has 1 fully saturated rings. The topological polar surface area (TPSA) is 218 Å². The van der Waals surface area contributed by atoms with Gasteiger partial charge in [0.2, 0.25) is 0 Å². The van der Waals surface area contributed by atoms with Crippen LogP contribution in [-0.2, 0) is 32.2 Å². The van der Waals surface area contributed by atoms with Gasteiger partial charge in [-0.2, -0.15) is 0 Å². The number of imidazole rings is 1. The highest BCUT2D eigenvalue weighted by molar-refractivity contribution is 7.63. The van der Waals surface area contributed by atoms with Gasteiger partial charge in [-0.25, -0.2) is 18.8 Å². The maximum Gasteiger partial charge on any atom is 0.479 e. The van der Waals surface area contributed by atoms with Crippen molar-refractivity contribution in [3.05, 3.63) is 18.6 Å². The van der Waals surface area contributed by atoms with E-state index in [0.29, 0.717) is 23.5 Å². The summed E-state index contributed by atoms with van der Waals surface area (Å²) in [4.78, 5) is 28.4. The summed E-state index contributed by atoms with van der Waals surface area (Å²) in [5.41, 5.74) is 5.18. The summed E-state index contributed by atoms with van der Waals surface area (Å²) in [5, 5.41) is 21.7. The number of rotatable bonds is 28. The number of phosphoric acid groups is 1. The number of phosphoric ester groups is 1. The van der Waals surface area contributed by atoms with Crippen molar-refractivity contribution in [3.63, 3.8) is 0 Å². The van der Waals surface area contributed by atoms with E-state index in [1.54, 1.807) is 6.07 Å². The fraction of sp³-hybridized carbons (Fsp3) is 0.818. The van der Waals surface area contributed by atoms with Crippen LogP contribution in [0.5, 0.6) is 0 Å². The number of nitrogens with two attached hydrogens (primary N) is 1. The third kappa shape index (κ3) is 14.5. The molecule has 3 heterocycles. The Bertz CT molecular complexity index is 1350. The van der Waals surface area contributed by atoms with Gasteiger partial charge in [0.25, 0.3) is 0 Å². The van der Waals surface area contributed by atoms with E-state index in [2.05, 4.69) is 21.2 Å². The maximum atomic E-state index is 12.4. The number of aliphatic hydroxyl groups is 2. The van der Waals surface area contributed by atoms with Crippen molar-refractivity contribution < 1.29 is 52.2 Å². The molecule has 0 spiro atoms. The molecule has 0 saturated carbocycles. The maximum absolute atomic E-state index is 12.4. The minimum Gasteiger partial charge on any atom is -0.397 e. The third-order valence-corrected chi connectivity index (χ3v) is 11.8. The Balaban J connectivity index is 1.20. The number of anilines is 1. The van der Waals surface area contributed by atoms with E-state index in [-0.39, 0.29) is 13.2 Å². The van der Waals surface area contributed by atoms with Crippen molar-refractivity contribution in [3.8, 4) is 0 Å². The zero-order valence-corrected chi connectivity index (χ0v) is 31.6. The van der Waals surface area contributed by atoms with Gasteiger partial charge in [-0.1, -0.05) is 103 Å². The number of aliphatic hydroxyl groups excluding tert-OH is 1. The monoisotopic (exact) mass is 750 g/mol. The number of pyridine rings is 1. The first-order valence-corrected chi connectivity index (χ1v) is 21.4. The average Bonchev–Trinajstić information content (AvgIpc) is 3.58. The number of ether oxygens (including phenoxy) is 3. The summed E-state index contributed by atoms with van der Waals surface area (Å²) in [6.45, 7) is 3.34. The smallest absolute Gasteiger partial charge is 0.397 e. The molecule has 0 aliphatic carbocycles. The molecule has 1 aliphatic heterocycles. The van der Waals surface area contributed by atoms with Gasteiger partial charge in [-0.3, -0.25) is 13.7 Å². The minimum atomic E-state index is -4.90. The molecular weight excluding hydrogens is 690 g/mol. The summed E-state index contributed by atoms with van der Waals surface area (Å²) in [6.07, 6.45) is 18.5. The van der Waals surface area contributed by atoms with Crippen molar-refractivity contribution in [1.82, 2.24) is 14.5 Å². The quantitative estimate of drug-likeness (QED) is 0.0458. The van der Waals surface area contributed by atoms with E-state index in [1.807, 2.05) is 0 Å². The Labute approximate surface area is 296 Å². The second kappa shape index (κ2) is 21.9. The summed E-state index contributed by atoms with van der Waals surface area (Å²) in [5.74, 6) is 0. The number of hydrogen-bond donors (Lipinski definition) is 5. The zero-order chi connectivity index (χ0) is 36.5. The van der Waals surface area contributed by atoms with Crippen LogP contribution in [0.2, 0.25) is 0 Å². The van der Waals surface area contributed by atoms with Gasteiger partial charge in [0.15, 0.2) is 11.9 Å². The number of fused-ring (bicyclic) bond motifs is 1. The lowest BCUT2D eigenvalue weighted by molar-refractivity contribution is -0.0959. The van der Waals surface area contributed by atoms with Crippen LogP contribution in [0, 0.1) is 0 Å². The molecule has 288 valence electrons. The van der Waals surface area contributed by atoms with E-state index in [9.17, 15) is 29.1 Å². The lowest BCUT2D eigenvalue weighted by atomic mass is 9.96. The molecular formula is C33H60N4O11P2. The van der Waals surface area contributed by atoms with Crippen LogP contribution in [0.25, 0.3) is 11.2 Å². The van der Waals surface area contributed by atoms with Crippen molar-refractivity contribution in [2.75, 3.05) is 38.5 Å². The molecule has 1 saturated heterocycles. The highest BCUT2D eigenvalue weighted by Gasteiger charge is 2.53. The van der Waals surface area contributed by atoms with Gasteiger partial charge in [-0.15, -0.1) is 0 Å². The lowest BCUT2D eigenvalue weighted by Crippen LogP contribution is -2.44. The predicted octanol–water partition coefficient (Wildman–Crippen LogP) is 6.59. The van der Waals surface area contributed by atoms with Crippen LogP contribution >= 0.6 is 15.4 Å². The molecule has 6 atom stereocenters. The Hall–Kier alpha value is -1.48. The Morgan fingerprint density at radius 1 is 0.880 bits per heavy atom. The van der Waals surface area contributed by atoms with Crippen molar-refractivity contribution in [2.24, 2.45) is 0 Å². The molecule has 0 amide bonds. The SMILES string of the molecule is CCCCCCCCCCCCCCCCCCOCCOP(=O)(O)OP(=O)(O)COC[C@H]1O[C@@H](n2cnc3c(N)ccnc32)C(C)(O)[C@H]1O.